The molecule has 3 nitrogen and oxygen atoms in total. The van der Waals surface area contributed by atoms with Gasteiger partial charge in [0.25, 0.3) is 0 Å². The Morgan fingerprint density at radius 2 is 2.19 bits per heavy atom. The van der Waals surface area contributed by atoms with Gasteiger partial charge in [0.2, 0.25) is 0 Å². The summed E-state index contributed by atoms with van der Waals surface area (Å²) in [5, 5.41) is 10.1. The Morgan fingerprint density at radius 3 is 2.81 bits per heavy atom. The smallest absolute Gasteiger partial charge is 0.164 e. The fraction of sp³-hybridized carbons (Fsp3) is 0.538. The molecule has 3 heteroatoms. The van der Waals surface area contributed by atoms with E-state index in [9.17, 15) is 5.11 Å². The Kier molecular flexibility index (Phi) is 1.96. The van der Waals surface area contributed by atoms with Crippen LogP contribution in [0.4, 0.5) is 0 Å². The first-order valence-electron chi connectivity index (χ1n) is 5.73. The molecule has 2 aliphatic rings. The summed E-state index contributed by atoms with van der Waals surface area (Å²) < 4.78 is 11.0. The molecule has 1 saturated carbocycles. The highest BCUT2D eigenvalue weighted by Crippen LogP contribution is 2.49. The Labute approximate surface area is 95.0 Å². The summed E-state index contributed by atoms with van der Waals surface area (Å²) in [7, 11) is 1.64. The maximum Gasteiger partial charge on any atom is 0.164 e. The second-order valence-electron chi connectivity index (χ2n) is 4.83. The lowest BCUT2D eigenvalue weighted by molar-refractivity contribution is 0.151. The van der Waals surface area contributed by atoms with Crippen molar-refractivity contribution in [2.45, 2.75) is 37.9 Å². The highest BCUT2D eigenvalue weighted by molar-refractivity contribution is 5.53. The lowest BCUT2D eigenvalue weighted by Crippen LogP contribution is -2.05. The molecule has 3 rings (SSSR count). The van der Waals surface area contributed by atoms with E-state index in [4.69, 9.17) is 9.47 Å². The molecule has 0 spiro atoms. The summed E-state index contributed by atoms with van der Waals surface area (Å²) in [5.41, 5.74) is 1.52. The van der Waals surface area contributed by atoms with Gasteiger partial charge in [0.15, 0.2) is 11.5 Å². The van der Waals surface area contributed by atoms with Crippen molar-refractivity contribution in [3.05, 3.63) is 23.3 Å². The van der Waals surface area contributed by atoms with Crippen molar-refractivity contribution in [2.24, 2.45) is 0 Å². The molecule has 1 aliphatic heterocycles. The molecule has 0 radical (unpaired) electrons. The van der Waals surface area contributed by atoms with E-state index >= 15 is 0 Å². The van der Waals surface area contributed by atoms with Gasteiger partial charge in [-0.15, -0.1) is 0 Å². The highest BCUT2D eigenvalue weighted by atomic mass is 16.5. The van der Waals surface area contributed by atoms with Crippen molar-refractivity contribution in [1.29, 1.82) is 0 Å². The Morgan fingerprint density at radius 1 is 1.44 bits per heavy atom. The van der Waals surface area contributed by atoms with E-state index < -0.39 is 5.60 Å². The van der Waals surface area contributed by atoms with Crippen LogP contribution in [0, 0.1) is 0 Å². The molecule has 1 atom stereocenters. The molecule has 1 heterocycles. The van der Waals surface area contributed by atoms with E-state index in [1.807, 2.05) is 13.0 Å². The topological polar surface area (TPSA) is 38.7 Å². The van der Waals surface area contributed by atoms with E-state index in [2.05, 4.69) is 6.07 Å². The van der Waals surface area contributed by atoms with Crippen molar-refractivity contribution < 1.29 is 14.6 Å². The summed E-state index contributed by atoms with van der Waals surface area (Å²) in [4.78, 5) is 0. The Hall–Kier alpha value is -1.22. The minimum Gasteiger partial charge on any atom is -0.493 e. The van der Waals surface area contributed by atoms with Crippen LogP contribution in [0.15, 0.2) is 12.1 Å². The maximum absolute atomic E-state index is 10.1. The summed E-state index contributed by atoms with van der Waals surface area (Å²) in [6, 6.07) is 3.97. The van der Waals surface area contributed by atoms with Crippen LogP contribution in [0.2, 0.25) is 0 Å². The first-order valence-corrected chi connectivity index (χ1v) is 5.73. The standard InChI is InChI=1S/C13H16O3/c1-8-5-9-6-10(13(14)3-4-13)7-11(15-2)12(9)16-8/h6-8,14H,3-5H2,1-2H3. The van der Waals surface area contributed by atoms with Crippen LogP contribution in [0.1, 0.15) is 30.9 Å². The molecule has 1 unspecified atom stereocenters. The van der Waals surface area contributed by atoms with Crippen molar-refractivity contribution in [3.63, 3.8) is 0 Å². The maximum atomic E-state index is 10.1. The monoisotopic (exact) mass is 220 g/mol. The summed E-state index contributed by atoms with van der Waals surface area (Å²) in [6.45, 7) is 2.05. The van der Waals surface area contributed by atoms with Crippen molar-refractivity contribution in [1.82, 2.24) is 0 Å². The van der Waals surface area contributed by atoms with Crippen molar-refractivity contribution in [2.75, 3.05) is 7.11 Å². The molecule has 0 amide bonds. The minimum atomic E-state index is -0.603. The lowest BCUT2D eigenvalue weighted by Gasteiger charge is -2.13. The van der Waals surface area contributed by atoms with E-state index in [1.54, 1.807) is 7.11 Å². The fourth-order valence-electron chi connectivity index (χ4n) is 2.33. The third-order valence-electron chi connectivity index (χ3n) is 3.44. The third kappa shape index (κ3) is 1.39. The third-order valence-corrected chi connectivity index (χ3v) is 3.44. The van der Waals surface area contributed by atoms with Gasteiger partial charge in [0, 0.05) is 12.0 Å². The van der Waals surface area contributed by atoms with Crippen LogP contribution in [0.3, 0.4) is 0 Å². The summed E-state index contributed by atoms with van der Waals surface area (Å²) >= 11 is 0. The zero-order valence-electron chi connectivity index (χ0n) is 9.62. The number of hydrogen-bond acceptors (Lipinski definition) is 3. The van der Waals surface area contributed by atoms with Gasteiger partial charge in [-0.3, -0.25) is 0 Å². The van der Waals surface area contributed by atoms with E-state index in [0.717, 1.165) is 41.9 Å². The molecule has 0 aromatic heterocycles. The number of rotatable bonds is 2. The Balaban J connectivity index is 2.08. The first kappa shape index (κ1) is 9.97. The molecule has 1 fully saturated rings. The van der Waals surface area contributed by atoms with E-state index in [1.165, 1.54) is 0 Å². The van der Waals surface area contributed by atoms with Gasteiger partial charge in [-0.2, -0.15) is 0 Å². The number of benzene rings is 1. The van der Waals surface area contributed by atoms with Crippen molar-refractivity contribution >= 4 is 0 Å². The average molecular weight is 220 g/mol. The molecular weight excluding hydrogens is 204 g/mol. The van der Waals surface area contributed by atoms with Gasteiger partial charge in [-0.1, -0.05) is 0 Å². The lowest BCUT2D eigenvalue weighted by atomic mass is 10.0. The normalized spacial score (nSPS) is 24.8. The first-order chi connectivity index (χ1) is 7.62. The number of ether oxygens (including phenoxy) is 2. The van der Waals surface area contributed by atoms with Gasteiger partial charge in [0.05, 0.1) is 12.7 Å². The zero-order chi connectivity index (χ0) is 11.3. The van der Waals surface area contributed by atoms with Crippen LogP contribution in [-0.2, 0) is 12.0 Å². The second-order valence-corrected chi connectivity index (χ2v) is 4.83. The Bertz CT molecular complexity index is 435. The van der Waals surface area contributed by atoms with Gasteiger partial charge in [0.1, 0.15) is 6.10 Å². The molecular formula is C13H16O3. The average Bonchev–Trinajstić information content (AvgIpc) is 2.89. The highest BCUT2D eigenvalue weighted by Gasteiger charge is 2.43. The molecule has 1 aliphatic carbocycles. The predicted octanol–water partition coefficient (Wildman–Crippen LogP) is 2.00. The molecule has 1 aromatic carbocycles. The van der Waals surface area contributed by atoms with Gasteiger partial charge in [-0.05, 0) is 37.5 Å². The molecule has 86 valence electrons. The number of fused-ring (bicyclic) bond motifs is 1. The van der Waals surface area contributed by atoms with Gasteiger partial charge < -0.3 is 14.6 Å². The van der Waals surface area contributed by atoms with Crippen LogP contribution in [-0.4, -0.2) is 18.3 Å². The zero-order valence-corrected chi connectivity index (χ0v) is 9.62. The molecule has 0 saturated heterocycles. The molecule has 0 bridgehead atoms. The fourth-order valence-corrected chi connectivity index (χ4v) is 2.33. The quantitative estimate of drug-likeness (QED) is 0.828. The van der Waals surface area contributed by atoms with E-state index in [-0.39, 0.29) is 6.10 Å². The minimum absolute atomic E-state index is 0.202. The van der Waals surface area contributed by atoms with Gasteiger partial charge >= 0.3 is 0 Å². The van der Waals surface area contributed by atoms with Crippen molar-refractivity contribution in [3.8, 4) is 11.5 Å². The van der Waals surface area contributed by atoms with Crippen LogP contribution in [0.5, 0.6) is 11.5 Å². The van der Waals surface area contributed by atoms with Crippen LogP contribution >= 0.6 is 0 Å². The molecule has 1 aromatic rings. The van der Waals surface area contributed by atoms with Crippen LogP contribution < -0.4 is 9.47 Å². The van der Waals surface area contributed by atoms with Crippen LogP contribution in [0.25, 0.3) is 0 Å². The summed E-state index contributed by atoms with van der Waals surface area (Å²) in [5.74, 6) is 1.60. The number of hydrogen-bond donors (Lipinski definition) is 1. The second kappa shape index (κ2) is 3.14. The summed E-state index contributed by atoms with van der Waals surface area (Å²) in [6.07, 6.45) is 2.81. The predicted molar refractivity (Wildman–Crippen MR) is 59.9 cm³/mol. The van der Waals surface area contributed by atoms with E-state index in [0.29, 0.717) is 0 Å². The number of aliphatic hydroxyl groups is 1. The molecule has 1 N–H and O–H groups in total. The van der Waals surface area contributed by atoms with Gasteiger partial charge in [-0.25, -0.2) is 0 Å². The number of methoxy groups -OCH3 is 1. The molecule has 16 heavy (non-hydrogen) atoms. The SMILES string of the molecule is COc1cc(C2(O)CC2)cc2c1OC(C)C2. The largest absolute Gasteiger partial charge is 0.493 e.